The zero-order chi connectivity index (χ0) is 47.9. The van der Waals surface area contributed by atoms with Crippen LogP contribution in [0.25, 0.3) is 138 Å². The number of benzene rings is 6. The molecular formula is C62H35N11. The smallest absolute Gasteiger partial charge is 0.105 e. The Hall–Kier alpha value is -10.4. The maximum Gasteiger partial charge on any atom is 0.105 e. The molecule has 0 radical (unpaired) electrons. The molecule has 0 saturated carbocycles. The van der Waals surface area contributed by atoms with Crippen LogP contribution in [0.4, 0.5) is 0 Å². The average molecular weight is 934 g/mol. The van der Waals surface area contributed by atoms with Gasteiger partial charge in [0.1, 0.15) is 11.6 Å². The van der Waals surface area contributed by atoms with Crippen LogP contribution in [0.2, 0.25) is 0 Å². The summed E-state index contributed by atoms with van der Waals surface area (Å²) in [6.07, 6.45) is 17.1. The lowest BCUT2D eigenvalue weighted by Gasteiger charge is -2.30. The number of para-hydroxylation sites is 5. The molecule has 0 aliphatic rings. The summed E-state index contributed by atoms with van der Waals surface area (Å²) >= 11 is 0. The minimum atomic E-state index is 0.449. The lowest BCUT2D eigenvalue weighted by atomic mass is 10.0. The predicted octanol–water partition coefficient (Wildman–Crippen LogP) is 14.0. The van der Waals surface area contributed by atoms with Gasteiger partial charge in [-0.15, -0.1) is 0 Å². The Morgan fingerprint density at radius 1 is 0.274 bits per heavy atom. The van der Waals surface area contributed by atoms with Gasteiger partial charge in [-0.1, -0.05) is 91.0 Å². The fourth-order valence-corrected chi connectivity index (χ4v) is 12.1. The predicted molar refractivity (Wildman–Crippen MR) is 292 cm³/mol. The topological polar surface area (TPSA) is 113 Å². The fraction of sp³-hybridized carbons (Fsp3) is 0. The first kappa shape index (κ1) is 39.4. The molecule has 16 rings (SSSR count). The molecule has 6 aromatic carbocycles. The van der Waals surface area contributed by atoms with Crippen molar-refractivity contribution >= 4 is 109 Å². The highest BCUT2D eigenvalue weighted by molar-refractivity contribution is 6.17. The average Bonchev–Trinajstić information content (AvgIpc) is 4.25. The summed E-state index contributed by atoms with van der Waals surface area (Å²) < 4.78 is 11.7. The third-order valence-electron chi connectivity index (χ3n) is 14.9. The molecule has 0 saturated heterocycles. The van der Waals surface area contributed by atoms with Gasteiger partial charge >= 0.3 is 0 Å². The molecule has 73 heavy (non-hydrogen) atoms. The molecule has 0 atom stereocenters. The van der Waals surface area contributed by atoms with Gasteiger partial charge in [-0.25, -0.2) is 0 Å². The van der Waals surface area contributed by atoms with Gasteiger partial charge in [-0.05, 0) is 66.7 Å². The summed E-state index contributed by atoms with van der Waals surface area (Å²) in [5, 5.41) is 21.8. The number of aromatic nitrogens is 10. The number of fused-ring (bicyclic) bond motifs is 15. The van der Waals surface area contributed by atoms with Crippen molar-refractivity contribution in [1.82, 2.24) is 47.8 Å². The molecular weight excluding hydrogens is 899 g/mol. The van der Waals surface area contributed by atoms with Gasteiger partial charge in [0.25, 0.3) is 0 Å². The number of nitriles is 1. The first-order valence-corrected chi connectivity index (χ1v) is 24.1. The van der Waals surface area contributed by atoms with Gasteiger partial charge in [0.15, 0.2) is 0 Å². The second kappa shape index (κ2) is 14.8. The van der Waals surface area contributed by atoms with E-state index in [0.717, 1.165) is 126 Å². The van der Waals surface area contributed by atoms with E-state index in [1.807, 2.05) is 61.8 Å². The molecule has 10 aromatic heterocycles. The lowest BCUT2D eigenvalue weighted by Crippen LogP contribution is -2.18. The van der Waals surface area contributed by atoms with Gasteiger partial charge in [0.05, 0.1) is 89.1 Å². The minimum Gasteiger partial charge on any atom is -0.306 e. The second-order valence-corrected chi connectivity index (χ2v) is 18.4. The molecule has 338 valence electrons. The fourth-order valence-electron chi connectivity index (χ4n) is 12.1. The van der Waals surface area contributed by atoms with Crippen molar-refractivity contribution in [2.75, 3.05) is 0 Å². The van der Waals surface area contributed by atoms with E-state index in [-0.39, 0.29) is 0 Å². The molecule has 10 heterocycles. The Morgan fingerprint density at radius 3 is 0.945 bits per heavy atom. The van der Waals surface area contributed by atoms with Crippen molar-refractivity contribution in [3.8, 4) is 34.5 Å². The monoisotopic (exact) mass is 933 g/mol. The van der Waals surface area contributed by atoms with Crippen molar-refractivity contribution in [1.29, 1.82) is 5.26 Å². The van der Waals surface area contributed by atoms with Crippen LogP contribution in [0, 0.1) is 11.3 Å². The zero-order valence-corrected chi connectivity index (χ0v) is 38.6. The van der Waals surface area contributed by atoms with Gasteiger partial charge in [0, 0.05) is 104 Å². The SMILES string of the molecule is N#Cc1c(-n2c3ccccc3c3cnccc32)c(-n2c3ccccc3c3cnccc32)c(-n2c3ccccc3c3cnccc32)c(-n2c3ccccc3c3ncccc32)c1-n1c2ccccc2c2cnccc21. The number of rotatable bonds is 5. The Morgan fingerprint density at radius 2 is 0.562 bits per heavy atom. The highest BCUT2D eigenvalue weighted by atomic mass is 15.2. The third-order valence-corrected chi connectivity index (χ3v) is 14.9. The van der Waals surface area contributed by atoms with Crippen molar-refractivity contribution in [2.45, 2.75) is 0 Å². The molecule has 0 aliphatic carbocycles. The van der Waals surface area contributed by atoms with E-state index < -0.39 is 0 Å². The Kier molecular flexibility index (Phi) is 7.98. The van der Waals surface area contributed by atoms with E-state index in [2.05, 4.69) is 181 Å². The molecule has 0 fully saturated rings. The molecule has 0 unspecified atom stereocenters. The second-order valence-electron chi connectivity index (χ2n) is 18.4. The van der Waals surface area contributed by atoms with Crippen LogP contribution in [-0.4, -0.2) is 47.8 Å². The van der Waals surface area contributed by atoms with Crippen molar-refractivity contribution in [2.24, 2.45) is 0 Å². The van der Waals surface area contributed by atoms with Gasteiger partial charge < -0.3 is 22.8 Å². The van der Waals surface area contributed by atoms with Crippen molar-refractivity contribution < 1.29 is 0 Å². The molecule has 16 aromatic rings. The van der Waals surface area contributed by atoms with Crippen LogP contribution in [0.5, 0.6) is 0 Å². The van der Waals surface area contributed by atoms with E-state index in [1.165, 1.54) is 0 Å². The van der Waals surface area contributed by atoms with Crippen LogP contribution in [0.3, 0.4) is 0 Å². The normalized spacial score (nSPS) is 12.1. The summed E-state index contributed by atoms with van der Waals surface area (Å²) in [4.78, 5) is 24.0. The number of hydrogen-bond acceptors (Lipinski definition) is 6. The summed E-state index contributed by atoms with van der Waals surface area (Å²) in [5.41, 5.74) is 14.3. The quantitative estimate of drug-likeness (QED) is 0.170. The van der Waals surface area contributed by atoms with E-state index in [0.29, 0.717) is 16.9 Å². The maximum absolute atomic E-state index is 12.8. The Labute approximate surface area is 413 Å². The van der Waals surface area contributed by atoms with Gasteiger partial charge in [-0.3, -0.25) is 24.9 Å². The van der Waals surface area contributed by atoms with E-state index in [9.17, 15) is 5.26 Å². The van der Waals surface area contributed by atoms with E-state index >= 15 is 0 Å². The van der Waals surface area contributed by atoms with E-state index in [4.69, 9.17) is 24.9 Å². The molecule has 0 bridgehead atoms. The summed E-state index contributed by atoms with van der Waals surface area (Å²) in [6, 6.07) is 57.9. The summed E-state index contributed by atoms with van der Waals surface area (Å²) in [5.74, 6) is 0. The van der Waals surface area contributed by atoms with Crippen LogP contribution in [0.1, 0.15) is 5.56 Å². The van der Waals surface area contributed by atoms with Crippen molar-refractivity contribution in [3.05, 3.63) is 219 Å². The Balaban J connectivity index is 1.31. The van der Waals surface area contributed by atoms with Crippen LogP contribution >= 0.6 is 0 Å². The molecule has 0 amide bonds. The van der Waals surface area contributed by atoms with Gasteiger partial charge in [-0.2, -0.15) is 5.26 Å². The van der Waals surface area contributed by atoms with Crippen LogP contribution in [-0.2, 0) is 0 Å². The molecule has 0 N–H and O–H groups in total. The van der Waals surface area contributed by atoms with Crippen molar-refractivity contribution in [3.63, 3.8) is 0 Å². The third kappa shape index (κ3) is 5.17. The highest BCUT2D eigenvalue weighted by Gasteiger charge is 2.36. The minimum absolute atomic E-state index is 0.449. The first-order valence-electron chi connectivity index (χ1n) is 24.1. The number of nitrogens with zero attached hydrogens (tertiary/aromatic N) is 11. The molecule has 11 nitrogen and oxygen atoms in total. The highest BCUT2D eigenvalue weighted by Crippen LogP contribution is 2.51. The molecule has 0 aliphatic heterocycles. The maximum atomic E-state index is 12.8. The largest absolute Gasteiger partial charge is 0.306 e. The lowest BCUT2D eigenvalue weighted by molar-refractivity contribution is 0.991. The summed E-state index contributed by atoms with van der Waals surface area (Å²) in [7, 11) is 0. The van der Waals surface area contributed by atoms with Crippen LogP contribution in [0.15, 0.2) is 213 Å². The van der Waals surface area contributed by atoms with Gasteiger partial charge in [0.2, 0.25) is 0 Å². The number of pyridine rings is 5. The summed E-state index contributed by atoms with van der Waals surface area (Å²) in [6.45, 7) is 0. The van der Waals surface area contributed by atoms with E-state index in [1.54, 1.807) is 0 Å². The molecule has 0 spiro atoms. The zero-order valence-electron chi connectivity index (χ0n) is 38.6. The number of hydrogen-bond donors (Lipinski definition) is 0. The van der Waals surface area contributed by atoms with Crippen LogP contribution < -0.4 is 0 Å². The Bertz CT molecular complexity index is 4560. The standard InChI is InChI=1S/C62H35N11/c63-32-42-58(69-47-17-6-1-12-37(47)43-33-64-28-23-52(43)69)60(71-49-19-8-3-14-39(49)45-35-66-30-25-54(45)71)62(72-50-20-9-4-15-40(50)46-36-67-31-26-55(46)72)61(73-51-21-10-5-16-41(51)57-56(73)22-11-27-68-57)59(42)70-48-18-7-2-13-38(48)44-34-65-29-24-53(44)70/h1-31,33-36H. The first-order chi connectivity index (χ1) is 36.3. The molecule has 11 heteroatoms.